The van der Waals surface area contributed by atoms with Gasteiger partial charge in [0.2, 0.25) is 0 Å². The molecular weight excluding hydrogens is 207 g/mol. The predicted molar refractivity (Wildman–Crippen MR) is 57.3 cm³/mol. The van der Waals surface area contributed by atoms with E-state index >= 15 is 0 Å². The number of rotatable bonds is 1. The monoisotopic (exact) mass is 218 g/mol. The first kappa shape index (κ1) is 9.54. The lowest BCUT2D eigenvalue weighted by molar-refractivity contribution is 0.110. The van der Waals surface area contributed by atoms with E-state index in [4.69, 9.17) is 4.74 Å². The van der Waals surface area contributed by atoms with Gasteiger partial charge in [0.05, 0.1) is 18.9 Å². The van der Waals surface area contributed by atoms with Crippen LogP contribution in [0, 0.1) is 5.82 Å². The number of aromatic nitrogens is 2. The molecule has 1 aromatic carbocycles. The average molecular weight is 218 g/mol. The van der Waals surface area contributed by atoms with Gasteiger partial charge in [-0.25, -0.2) is 4.39 Å². The highest BCUT2D eigenvalue weighted by Crippen LogP contribution is 2.27. The van der Waals surface area contributed by atoms with Gasteiger partial charge in [0.1, 0.15) is 5.82 Å². The summed E-state index contributed by atoms with van der Waals surface area (Å²) in [5.41, 5.74) is 4.02. The van der Waals surface area contributed by atoms with Crippen LogP contribution >= 0.6 is 0 Å². The van der Waals surface area contributed by atoms with Crippen LogP contribution in [-0.2, 0) is 17.8 Å². The van der Waals surface area contributed by atoms with Crippen LogP contribution in [0.5, 0.6) is 0 Å². The second-order valence-corrected chi connectivity index (χ2v) is 3.84. The van der Waals surface area contributed by atoms with Crippen LogP contribution in [0.1, 0.15) is 11.3 Å². The van der Waals surface area contributed by atoms with Crippen LogP contribution in [0.3, 0.4) is 0 Å². The van der Waals surface area contributed by atoms with Crippen molar-refractivity contribution in [3.05, 3.63) is 41.3 Å². The van der Waals surface area contributed by atoms with Gasteiger partial charge in [0, 0.05) is 23.2 Å². The van der Waals surface area contributed by atoms with Crippen LogP contribution in [0.2, 0.25) is 0 Å². The van der Waals surface area contributed by atoms with Gasteiger partial charge < -0.3 is 4.74 Å². The molecule has 3 rings (SSSR count). The van der Waals surface area contributed by atoms with Crippen molar-refractivity contribution in [3.8, 4) is 11.3 Å². The van der Waals surface area contributed by atoms with Crippen molar-refractivity contribution in [2.75, 3.05) is 6.61 Å². The number of nitrogens with zero attached hydrogens (tertiary/aromatic N) is 1. The first-order valence-corrected chi connectivity index (χ1v) is 5.24. The van der Waals surface area contributed by atoms with Crippen LogP contribution in [0.4, 0.5) is 4.39 Å². The van der Waals surface area contributed by atoms with Gasteiger partial charge in [0.15, 0.2) is 0 Å². The maximum atomic E-state index is 12.8. The fourth-order valence-electron chi connectivity index (χ4n) is 1.96. The Labute approximate surface area is 92.3 Å². The van der Waals surface area contributed by atoms with E-state index in [-0.39, 0.29) is 5.82 Å². The summed E-state index contributed by atoms with van der Waals surface area (Å²) in [6.45, 7) is 1.32. The van der Waals surface area contributed by atoms with Crippen LogP contribution < -0.4 is 0 Å². The number of nitrogens with one attached hydrogen (secondary N) is 1. The summed E-state index contributed by atoms with van der Waals surface area (Å²) < 4.78 is 18.2. The minimum Gasteiger partial charge on any atom is -0.376 e. The van der Waals surface area contributed by atoms with Crippen molar-refractivity contribution >= 4 is 0 Å². The summed E-state index contributed by atoms with van der Waals surface area (Å²) >= 11 is 0. The van der Waals surface area contributed by atoms with Gasteiger partial charge in [-0.1, -0.05) is 0 Å². The van der Waals surface area contributed by atoms with E-state index < -0.39 is 0 Å². The highest BCUT2D eigenvalue weighted by Gasteiger charge is 2.18. The minimum atomic E-state index is -0.232. The molecule has 1 N–H and O–H groups in total. The van der Waals surface area contributed by atoms with Crippen molar-refractivity contribution in [1.29, 1.82) is 0 Å². The number of halogens is 1. The topological polar surface area (TPSA) is 37.9 Å². The predicted octanol–water partition coefficient (Wildman–Crippen LogP) is 2.29. The van der Waals surface area contributed by atoms with E-state index in [1.54, 1.807) is 12.1 Å². The largest absolute Gasteiger partial charge is 0.376 e. The zero-order valence-corrected chi connectivity index (χ0v) is 8.66. The smallest absolute Gasteiger partial charge is 0.123 e. The summed E-state index contributed by atoms with van der Waals surface area (Å²) in [5, 5.41) is 7.29. The molecule has 1 aliphatic heterocycles. The van der Waals surface area contributed by atoms with Crippen LogP contribution in [0.25, 0.3) is 11.3 Å². The fraction of sp³-hybridized carbons (Fsp3) is 0.250. The van der Waals surface area contributed by atoms with E-state index in [9.17, 15) is 4.39 Å². The van der Waals surface area contributed by atoms with Crippen molar-refractivity contribution in [1.82, 2.24) is 10.2 Å². The summed E-state index contributed by atoms with van der Waals surface area (Å²) in [6.07, 6.45) is 0.865. The number of aromatic amines is 1. The van der Waals surface area contributed by atoms with Gasteiger partial charge in [-0.05, 0) is 24.3 Å². The van der Waals surface area contributed by atoms with Gasteiger partial charge in [0.25, 0.3) is 0 Å². The third-order valence-corrected chi connectivity index (χ3v) is 2.81. The quantitative estimate of drug-likeness (QED) is 0.797. The molecule has 0 amide bonds. The third kappa shape index (κ3) is 1.51. The second kappa shape index (κ2) is 3.72. The van der Waals surface area contributed by atoms with Crippen molar-refractivity contribution < 1.29 is 9.13 Å². The number of benzene rings is 1. The third-order valence-electron chi connectivity index (χ3n) is 2.81. The maximum Gasteiger partial charge on any atom is 0.123 e. The Kier molecular flexibility index (Phi) is 2.22. The Hall–Kier alpha value is -1.68. The Morgan fingerprint density at radius 1 is 1.25 bits per heavy atom. The molecule has 0 saturated heterocycles. The summed E-state index contributed by atoms with van der Waals surface area (Å²) in [5.74, 6) is -0.232. The zero-order chi connectivity index (χ0) is 11.0. The van der Waals surface area contributed by atoms with Crippen LogP contribution in [-0.4, -0.2) is 16.8 Å². The lowest BCUT2D eigenvalue weighted by Gasteiger charge is -2.12. The van der Waals surface area contributed by atoms with Gasteiger partial charge in [-0.15, -0.1) is 0 Å². The molecule has 82 valence electrons. The summed E-state index contributed by atoms with van der Waals surface area (Å²) in [7, 11) is 0. The Morgan fingerprint density at radius 3 is 2.88 bits per heavy atom. The second-order valence-electron chi connectivity index (χ2n) is 3.84. The molecule has 1 aromatic heterocycles. The molecule has 0 radical (unpaired) electrons. The molecule has 2 heterocycles. The van der Waals surface area contributed by atoms with E-state index in [2.05, 4.69) is 10.2 Å². The van der Waals surface area contributed by atoms with E-state index in [0.29, 0.717) is 6.61 Å². The molecule has 0 aliphatic carbocycles. The Balaban J connectivity index is 2.06. The molecule has 0 fully saturated rings. The zero-order valence-electron chi connectivity index (χ0n) is 8.66. The number of hydrogen-bond acceptors (Lipinski definition) is 2. The highest BCUT2D eigenvalue weighted by atomic mass is 19.1. The molecular formula is C12H11FN2O. The minimum absolute atomic E-state index is 0.232. The maximum absolute atomic E-state index is 12.8. The highest BCUT2D eigenvalue weighted by molar-refractivity contribution is 5.64. The molecule has 0 unspecified atom stereocenters. The Bertz CT molecular complexity index is 504. The van der Waals surface area contributed by atoms with Crippen molar-refractivity contribution in [2.45, 2.75) is 13.0 Å². The molecule has 0 spiro atoms. The average Bonchev–Trinajstić information content (AvgIpc) is 2.74. The summed E-state index contributed by atoms with van der Waals surface area (Å²) in [4.78, 5) is 0. The number of fused-ring (bicyclic) bond motifs is 1. The first-order chi connectivity index (χ1) is 7.84. The molecule has 0 bridgehead atoms. The standard InChI is InChI=1S/C12H11FN2O/c13-9-3-1-8(2-4-9)12-10-7-16-6-5-11(10)14-15-12/h1-4H,5-7H2,(H,14,15). The molecule has 2 aromatic rings. The molecule has 3 nitrogen and oxygen atoms in total. The number of hydrogen-bond donors (Lipinski definition) is 1. The molecule has 16 heavy (non-hydrogen) atoms. The fourth-order valence-corrected chi connectivity index (χ4v) is 1.96. The molecule has 4 heteroatoms. The molecule has 1 aliphatic rings. The first-order valence-electron chi connectivity index (χ1n) is 5.24. The van der Waals surface area contributed by atoms with E-state index in [1.807, 2.05) is 0 Å². The van der Waals surface area contributed by atoms with Gasteiger partial charge >= 0.3 is 0 Å². The lowest BCUT2D eigenvalue weighted by Crippen LogP contribution is -2.08. The normalized spacial score (nSPS) is 14.8. The van der Waals surface area contributed by atoms with E-state index in [1.165, 1.54) is 12.1 Å². The van der Waals surface area contributed by atoms with Gasteiger partial charge in [-0.3, -0.25) is 5.10 Å². The SMILES string of the molecule is Fc1ccc(-c2n[nH]c3c2COCC3)cc1. The number of ether oxygens (including phenoxy) is 1. The summed E-state index contributed by atoms with van der Waals surface area (Å²) in [6, 6.07) is 6.36. The van der Waals surface area contributed by atoms with Crippen molar-refractivity contribution in [2.24, 2.45) is 0 Å². The lowest BCUT2D eigenvalue weighted by atomic mass is 10.0. The molecule has 0 saturated carbocycles. The Morgan fingerprint density at radius 2 is 2.06 bits per heavy atom. The van der Waals surface area contributed by atoms with Crippen molar-refractivity contribution in [3.63, 3.8) is 0 Å². The number of H-pyrrole nitrogens is 1. The van der Waals surface area contributed by atoms with Crippen LogP contribution in [0.15, 0.2) is 24.3 Å². The molecule has 0 atom stereocenters. The van der Waals surface area contributed by atoms with E-state index in [0.717, 1.165) is 35.5 Å². The van der Waals surface area contributed by atoms with Gasteiger partial charge in [-0.2, -0.15) is 5.10 Å².